The maximum atomic E-state index is 10.7. The van der Waals surface area contributed by atoms with Gasteiger partial charge in [-0.3, -0.25) is 4.79 Å². The molecule has 1 amide bonds. The van der Waals surface area contributed by atoms with Gasteiger partial charge in [-0.1, -0.05) is 6.58 Å². The van der Waals surface area contributed by atoms with Crippen LogP contribution in [0.4, 0.5) is 0 Å². The standard InChI is InChI=1S/C10H20N2O3/c1-4-10(14)11-9-15-8-6-12(2,3)5-7-13/h4,13H,1,5-9H2,2-3H3/p+1. The van der Waals surface area contributed by atoms with Crippen molar-refractivity contribution in [3.05, 3.63) is 12.7 Å². The number of aliphatic hydroxyl groups is 1. The topological polar surface area (TPSA) is 58.6 Å². The minimum Gasteiger partial charge on any atom is -0.391 e. The highest BCUT2D eigenvalue weighted by Gasteiger charge is 2.12. The first kappa shape index (κ1) is 14.1. The Labute approximate surface area is 90.9 Å². The van der Waals surface area contributed by atoms with Crippen LogP contribution < -0.4 is 5.32 Å². The van der Waals surface area contributed by atoms with Crippen molar-refractivity contribution < 1.29 is 19.1 Å². The number of quaternary nitrogens is 1. The summed E-state index contributed by atoms with van der Waals surface area (Å²) in [4.78, 5) is 10.7. The maximum Gasteiger partial charge on any atom is 0.245 e. The first-order valence-electron chi connectivity index (χ1n) is 4.93. The van der Waals surface area contributed by atoms with Gasteiger partial charge < -0.3 is 19.6 Å². The van der Waals surface area contributed by atoms with Crippen LogP contribution in [0.25, 0.3) is 0 Å². The lowest BCUT2D eigenvalue weighted by Gasteiger charge is -2.28. The van der Waals surface area contributed by atoms with E-state index in [1.54, 1.807) is 0 Å². The molecule has 88 valence electrons. The number of nitrogens with zero attached hydrogens (tertiary/aromatic N) is 1. The predicted octanol–water partition coefficient (Wildman–Crippen LogP) is -0.669. The molecule has 0 rings (SSSR count). The van der Waals surface area contributed by atoms with Crippen molar-refractivity contribution in [3.8, 4) is 0 Å². The van der Waals surface area contributed by atoms with Crippen LogP contribution in [-0.4, -0.2) is 62.6 Å². The van der Waals surface area contributed by atoms with E-state index >= 15 is 0 Å². The largest absolute Gasteiger partial charge is 0.391 e. The van der Waals surface area contributed by atoms with Crippen molar-refractivity contribution in [1.29, 1.82) is 0 Å². The molecule has 0 aliphatic rings. The number of hydrogen-bond acceptors (Lipinski definition) is 3. The first-order chi connectivity index (χ1) is 7.02. The summed E-state index contributed by atoms with van der Waals surface area (Å²) in [6.07, 6.45) is 1.20. The lowest BCUT2D eigenvalue weighted by Crippen LogP contribution is -2.44. The van der Waals surface area contributed by atoms with Crippen molar-refractivity contribution in [2.45, 2.75) is 0 Å². The van der Waals surface area contributed by atoms with Crippen LogP contribution >= 0.6 is 0 Å². The highest BCUT2D eigenvalue weighted by Crippen LogP contribution is 1.94. The summed E-state index contributed by atoms with van der Waals surface area (Å²) in [5.74, 6) is -0.237. The lowest BCUT2D eigenvalue weighted by molar-refractivity contribution is -0.891. The molecule has 0 aliphatic carbocycles. The van der Waals surface area contributed by atoms with E-state index in [1.165, 1.54) is 6.08 Å². The van der Waals surface area contributed by atoms with Crippen LogP contribution in [0.2, 0.25) is 0 Å². The number of hydrogen-bond donors (Lipinski definition) is 2. The Morgan fingerprint density at radius 3 is 2.73 bits per heavy atom. The Morgan fingerprint density at radius 1 is 1.53 bits per heavy atom. The molecular weight excluding hydrogens is 196 g/mol. The van der Waals surface area contributed by atoms with Gasteiger partial charge in [0, 0.05) is 0 Å². The van der Waals surface area contributed by atoms with Crippen LogP contribution in [0.5, 0.6) is 0 Å². The maximum absolute atomic E-state index is 10.7. The molecule has 15 heavy (non-hydrogen) atoms. The van der Waals surface area contributed by atoms with E-state index in [2.05, 4.69) is 11.9 Å². The summed E-state index contributed by atoms with van der Waals surface area (Å²) in [5.41, 5.74) is 0. The van der Waals surface area contributed by atoms with Crippen LogP contribution in [0.15, 0.2) is 12.7 Å². The molecule has 0 saturated heterocycles. The van der Waals surface area contributed by atoms with Gasteiger partial charge >= 0.3 is 0 Å². The summed E-state index contributed by atoms with van der Waals surface area (Å²) in [6, 6.07) is 0. The van der Waals surface area contributed by atoms with Crippen LogP contribution in [0.3, 0.4) is 0 Å². The second-order valence-electron chi connectivity index (χ2n) is 3.90. The van der Waals surface area contributed by atoms with E-state index < -0.39 is 0 Å². The smallest absolute Gasteiger partial charge is 0.245 e. The van der Waals surface area contributed by atoms with Crippen molar-refractivity contribution in [1.82, 2.24) is 5.32 Å². The highest BCUT2D eigenvalue weighted by molar-refractivity contribution is 5.86. The molecule has 0 fully saturated rings. The van der Waals surface area contributed by atoms with Crippen molar-refractivity contribution in [3.63, 3.8) is 0 Å². The minimum absolute atomic E-state index is 0.167. The van der Waals surface area contributed by atoms with Gasteiger partial charge in [-0.05, 0) is 6.08 Å². The van der Waals surface area contributed by atoms with Crippen LogP contribution in [-0.2, 0) is 9.53 Å². The van der Waals surface area contributed by atoms with E-state index in [4.69, 9.17) is 9.84 Å². The van der Waals surface area contributed by atoms with Gasteiger partial charge in [0.15, 0.2) is 0 Å². The summed E-state index contributed by atoms with van der Waals surface area (Å²) < 4.78 is 5.91. The van der Waals surface area contributed by atoms with Crippen molar-refractivity contribution in [2.24, 2.45) is 0 Å². The second kappa shape index (κ2) is 7.39. The molecule has 0 atom stereocenters. The summed E-state index contributed by atoms with van der Waals surface area (Å²) in [6.45, 7) is 5.73. The number of likely N-dealkylation sites (N-methyl/N-ethyl adjacent to an activating group) is 1. The average molecular weight is 217 g/mol. The third-order valence-corrected chi connectivity index (χ3v) is 2.08. The normalized spacial score (nSPS) is 11.1. The summed E-state index contributed by atoms with van der Waals surface area (Å²) >= 11 is 0. The number of aliphatic hydroxyl groups excluding tert-OH is 1. The molecule has 0 aliphatic heterocycles. The zero-order valence-electron chi connectivity index (χ0n) is 9.53. The Morgan fingerprint density at radius 2 is 2.20 bits per heavy atom. The number of rotatable bonds is 8. The SMILES string of the molecule is C=CC(=O)NCOCC[N+](C)(C)CCO. The Hall–Kier alpha value is -0.910. The molecule has 0 heterocycles. The number of amides is 1. The number of nitrogens with one attached hydrogen (secondary N) is 1. The fourth-order valence-corrected chi connectivity index (χ4v) is 0.961. The van der Waals surface area contributed by atoms with Gasteiger partial charge in [0.05, 0.1) is 27.3 Å². The van der Waals surface area contributed by atoms with Gasteiger partial charge in [-0.25, -0.2) is 0 Å². The molecule has 5 nitrogen and oxygen atoms in total. The van der Waals surface area contributed by atoms with E-state index in [1.807, 2.05) is 14.1 Å². The van der Waals surface area contributed by atoms with E-state index in [9.17, 15) is 4.79 Å². The first-order valence-corrected chi connectivity index (χ1v) is 4.93. The lowest BCUT2D eigenvalue weighted by atomic mass is 10.4. The monoisotopic (exact) mass is 217 g/mol. The van der Waals surface area contributed by atoms with Gasteiger partial charge in [0.25, 0.3) is 0 Å². The van der Waals surface area contributed by atoms with Crippen LogP contribution in [0.1, 0.15) is 0 Å². The molecule has 0 aromatic carbocycles. The Kier molecular flexibility index (Phi) is 6.94. The molecule has 2 N–H and O–H groups in total. The van der Waals surface area contributed by atoms with E-state index in [0.29, 0.717) is 17.6 Å². The Bertz CT molecular complexity index is 205. The van der Waals surface area contributed by atoms with Gasteiger partial charge in [0.2, 0.25) is 5.91 Å². The number of carbonyl (C=O) groups is 1. The van der Waals surface area contributed by atoms with Gasteiger partial charge in [-0.2, -0.15) is 0 Å². The Balaban J connectivity index is 3.45. The molecule has 0 radical (unpaired) electrons. The van der Waals surface area contributed by atoms with Gasteiger partial charge in [0.1, 0.15) is 19.8 Å². The molecule has 0 saturated carbocycles. The van der Waals surface area contributed by atoms with Crippen molar-refractivity contribution in [2.75, 3.05) is 47.1 Å². The fraction of sp³-hybridized carbons (Fsp3) is 0.700. The van der Waals surface area contributed by atoms with Gasteiger partial charge in [-0.15, -0.1) is 0 Å². The average Bonchev–Trinajstić information content (AvgIpc) is 2.16. The highest BCUT2D eigenvalue weighted by atomic mass is 16.5. The molecule has 0 bridgehead atoms. The molecule has 0 aromatic rings. The third kappa shape index (κ3) is 8.11. The third-order valence-electron chi connectivity index (χ3n) is 2.08. The van der Waals surface area contributed by atoms with E-state index in [-0.39, 0.29) is 19.2 Å². The zero-order valence-corrected chi connectivity index (χ0v) is 9.53. The van der Waals surface area contributed by atoms with Crippen molar-refractivity contribution >= 4 is 5.91 Å². The molecule has 0 spiro atoms. The molecule has 0 aromatic heterocycles. The molecular formula is C10H21N2O3+. The summed E-state index contributed by atoms with van der Waals surface area (Å²) in [5, 5.41) is 11.3. The quantitative estimate of drug-likeness (QED) is 0.245. The summed E-state index contributed by atoms with van der Waals surface area (Å²) in [7, 11) is 4.03. The van der Waals surface area contributed by atoms with E-state index in [0.717, 1.165) is 6.54 Å². The zero-order chi connectivity index (χ0) is 11.7. The fourth-order valence-electron chi connectivity index (χ4n) is 0.961. The number of carbonyl (C=O) groups excluding carboxylic acids is 1. The molecule has 0 unspecified atom stereocenters. The van der Waals surface area contributed by atoms with Crippen LogP contribution in [0, 0.1) is 0 Å². The minimum atomic E-state index is -0.237. The number of ether oxygens (including phenoxy) is 1. The second-order valence-corrected chi connectivity index (χ2v) is 3.90. The molecule has 5 heteroatoms. The predicted molar refractivity (Wildman–Crippen MR) is 58.1 cm³/mol.